The molecule has 0 aliphatic carbocycles. The predicted octanol–water partition coefficient (Wildman–Crippen LogP) is 2.13. The number of benzene rings is 1. The highest BCUT2D eigenvalue weighted by Gasteiger charge is 2.12. The average Bonchev–Trinajstić information content (AvgIpc) is 3.04. The maximum atomic E-state index is 12.1. The van der Waals surface area contributed by atoms with Crippen LogP contribution in [0, 0.1) is 6.92 Å². The molecule has 0 radical (unpaired) electrons. The molecule has 1 atom stereocenters. The second-order valence-corrected chi connectivity index (χ2v) is 5.48. The number of aryl methyl sites for hydroxylation is 1. The molecule has 2 aromatic heterocycles. The smallest absolute Gasteiger partial charge is 0.242 e. The van der Waals surface area contributed by atoms with Crippen LogP contribution in [0.4, 0.5) is 5.82 Å². The summed E-state index contributed by atoms with van der Waals surface area (Å²) in [7, 11) is 0. The number of anilines is 1. The van der Waals surface area contributed by atoms with Crippen molar-refractivity contribution in [3.05, 3.63) is 47.8 Å². The van der Waals surface area contributed by atoms with Crippen LogP contribution in [0.25, 0.3) is 10.9 Å². The van der Waals surface area contributed by atoms with E-state index < -0.39 is 0 Å². The summed E-state index contributed by atoms with van der Waals surface area (Å²) in [5.41, 5.74) is 8.75. The first kappa shape index (κ1) is 14.2. The van der Waals surface area contributed by atoms with Crippen molar-refractivity contribution in [2.75, 3.05) is 5.73 Å². The van der Waals surface area contributed by atoms with Crippen molar-refractivity contribution in [1.29, 1.82) is 0 Å². The number of hydrogen-bond acceptors (Lipinski definition) is 3. The van der Waals surface area contributed by atoms with Gasteiger partial charge in [0.05, 0.1) is 11.7 Å². The minimum absolute atomic E-state index is 0.0790. The van der Waals surface area contributed by atoms with Gasteiger partial charge in [-0.25, -0.2) is 4.68 Å². The molecule has 6 nitrogen and oxygen atoms in total. The number of rotatable bonds is 4. The van der Waals surface area contributed by atoms with Crippen molar-refractivity contribution in [3.63, 3.8) is 0 Å². The third-order valence-electron chi connectivity index (χ3n) is 3.68. The largest absolute Gasteiger partial charge is 0.384 e. The van der Waals surface area contributed by atoms with Gasteiger partial charge in [0.2, 0.25) is 5.91 Å². The molecule has 0 spiro atoms. The summed E-state index contributed by atoms with van der Waals surface area (Å²) < 4.78 is 1.51. The Kier molecular flexibility index (Phi) is 3.58. The fraction of sp³-hybridized carbons (Fsp3) is 0.250. The second-order valence-electron chi connectivity index (χ2n) is 5.48. The highest BCUT2D eigenvalue weighted by molar-refractivity contribution is 5.80. The van der Waals surface area contributed by atoms with Crippen LogP contribution in [0.3, 0.4) is 0 Å². The van der Waals surface area contributed by atoms with Crippen molar-refractivity contribution in [3.8, 4) is 0 Å². The third-order valence-corrected chi connectivity index (χ3v) is 3.68. The van der Waals surface area contributed by atoms with E-state index >= 15 is 0 Å². The Morgan fingerprint density at radius 3 is 2.95 bits per heavy atom. The van der Waals surface area contributed by atoms with Gasteiger partial charge in [-0.2, -0.15) is 5.10 Å². The lowest BCUT2D eigenvalue weighted by Gasteiger charge is -2.15. The highest BCUT2D eigenvalue weighted by atomic mass is 16.2. The van der Waals surface area contributed by atoms with E-state index in [1.165, 1.54) is 4.68 Å². The first-order valence-electron chi connectivity index (χ1n) is 7.19. The van der Waals surface area contributed by atoms with Gasteiger partial charge < -0.3 is 16.0 Å². The quantitative estimate of drug-likeness (QED) is 0.689. The molecule has 22 heavy (non-hydrogen) atoms. The zero-order valence-electron chi connectivity index (χ0n) is 12.6. The Hall–Kier alpha value is -2.76. The van der Waals surface area contributed by atoms with E-state index in [0.29, 0.717) is 5.82 Å². The monoisotopic (exact) mass is 297 g/mol. The van der Waals surface area contributed by atoms with Crippen molar-refractivity contribution in [1.82, 2.24) is 20.1 Å². The van der Waals surface area contributed by atoms with Gasteiger partial charge in [-0.05, 0) is 43.0 Å². The SMILES string of the molecule is Cc1cc(N)n(CC(=O)NC(C)c2ccc3[nH]ccc3c2)n1. The third kappa shape index (κ3) is 2.81. The normalized spacial score (nSPS) is 12.5. The van der Waals surface area contributed by atoms with Gasteiger partial charge in [0.25, 0.3) is 0 Å². The first-order valence-corrected chi connectivity index (χ1v) is 7.19. The number of nitrogen functional groups attached to an aromatic ring is 1. The molecule has 3 rings (SSSR count). The molecule has 1 unspecified atom stereocenters. The van der Waals surface area contributed by atoms with Crippen LogP contribution in [0.2, 0.25) is 0 Å². The Bertz CT molecular complexity index is 817. The van der Waals surface area contributed by atoms with Gasteiger partial charge in [0.1, 0.15) is 12.4 Å². The van der Waals surface area contributed by atoms with Gasteiger partial charge in [-0.15, -0.1) is 0 Å². The number of aromatic amines is 1. The van der Waals surface area contributed by atoms with E-state index in [0.717, 1.165) is 22.2 Å². The van der Waals surface area contributed by atoms with Gasteiger partial charge in [-0.3, -0.25) is 4.79 Å². The number of nitrogens with two attached hydrogens (primary N) is 1. The van der Waals surface area contributed by atoms with Crippen molar-refractivity contribution in [2.45, 2.75) is 26.4 Å². The van der Waals surface area contributed by atoms with E-state index in [1.807, 2.05) is 38.2 Å². The van der Waals surface area contributed by atoms with Gasteiger partial charge in [0, 0.05) is 17.8 Å². The second kappa shape index (κ2) is 5.55. The summed E-state index contributed by atoms with van der Waals surface area (Å²) in [5, 5.41) is 8.29. The maximum absolute atomic E-state index is 12.1. The lowest BCUT2D eigenvalue weighted by atomic mass is 10.1. The summed E-state index contributed by atoms with van der Waals surface area (Å²) >= 11 is 0. The summed E-state index contributed by atoms with van der Waals surface area (Å²) in [6, 6.07) is 9.78. The standard InChI is InChI=1S/C16H19N5O/c1-10-7-15(17)21(20-10)9-16(22)19-11(2)12-3-4-14-13(8-12)5-6-18-14/h3-8,11,18H,9,17H2,1-2H3,(H,19,22). The molecule has 4 N–H and O–H groups in total. The molecule has 0 aliphatic heterocycles. The summed E-state index contributed by atoms with van der Waals surface area (Å²) in [5.74, 6) is 0.380. The Balaban J connectivity index is 1.68. The lowest BCUT2D eigenvalue weighted by Crippen LogP contribution is -2.30. The van der Waals surface area contributed by atoms with Gasteiger partial charge in [-0.1, -0.05) is 6.07 Å². The van der Waals surface area contributed by atoms with E-state index in [4.69, 9.17) is 5.73 Å². The summed E-state index contributed by atoms with van der Waals surface area (Å²) in [6.45, 7) is 3.93. The van der Waals surface area contributed by atoms with Gasteiger partial charge in [0.15, 0.2) is 0 Å². The molecule has 114 valence electrons. The number of aromatic nitrogens is 3. The summed E-state index contributed by atoms with van der Waals surface area (Å²) in [4.78, 5) is 15.3. The Morgan fingerprint density at radius 1 is 1.41 bits per heavy atom. The summed E-state index contributed by atoms with van der Waals surface area (Å²) in [6.07, 6.45) is 1.90. The zero-order valence-corrected chi connectivity index (χ0v) is 12.6. The van der Waals surface area contributed by atoms with Crippen LogP contribution in [0.1, 0.15) is 24.2 Å². The van der Waals surface area contributed by atoms with Gasteiger partial charge >= 0.3 is 0 Å². The predicted molar refractivity (Wildman–Crippen MR) is 86.2 cm³/mol. The molecule has 6 heteroatoms. The number of fused-ring (bicyclic) bond motifs is 1. The number of amides is 1. The molecule has 0 saturated carbocycles. The fourth-order valence-corrected chi connectivity index (χ4v) is 2.54. The number of nitrogens with one attached hydrogen (secondary N) is 2. The van der Waals surface area contributed by atoms with E-state index in [1.54, 1.807) is 6.07 Å². The van der Waals surface area contributed by atoms with Crippen LogP contribution < -0.4 is 11.1 Å². The maximum Gasteiger partial charge on any atom is 0.242 e. The van der Waals surface area contributed by atoms with Crippen molar-refractivity contribution >= 4 is 22.6 Å². The molecule has 0 saturated heterocycles. The van der Waals surface area contributed by atoms with Crippen LogP contribution in [-0.4, -0.2) is 20.7 Å². The lowest BCUT2D eigenvalue weighted by molar-refractivity contribution is -0.122. The van der Waals surface area contributed by atoms with Crippen LogP contribution in [0.15, 0.2) is 36.5 Å². The van der Waals surface area contributed by atoms with E-state index in [-0.39, 0.29) is 18.5 Å². The van der Waals surface area contributed by atoms with E-state index in [9.17, 15) is 4.79 Å². The molecular formula is C16H19N5O. The molecule has 0 fully saturated rings. The number of carbonyl (C=O) groups is 1. The molecule has 2 heterocycles. The molecule has 1 aromatic carbocycles. The highest BCUT2D eigenvalue weighted by Crippen LogP contribution is 2.19. The Morgan fingerprint density at radius 2 is 2.23 bits per heavy atom. The van der Waals surface area contributed by atoms with Crippen molar-refractivity contribution < 1.29 is 4.79 Å². The van der Waals surface area contributed by atoms with Crippen molar-refractivity contribution in [2.24, 2.45) is 0 Å². The number of nitrogens with zero attached hydrogens (tertiary/aromatic N) is 2. The first-order chi connectivity index (χ1) is 10.5. The minimum Gasteiger partial charge on any atom is -0.384 e. The fourth-order valence-electron chi connectivity index (χ4n) is 2.54. The minimum atomic E-state index is -0.114. The molecule has 0 aliphatic rings. The van der Waals surface area contributed by atoms with E-state index in [2.05, 4.69) is 21.5 Å². The molecule has 1 amide bonds. The van der Waals surface area contributed by atoms with Crippen LogP contribution in [-0.2, 0) is 11.3 Å². The molecular weight excluding hydrogens is 278 g/mol. The number of H-pyrrole nitrogens is 1. The Labute approximate surface area is 128 Å². The van der Waals surface area contributed by atoms with Crippen LogP contribution in [0.5, 0.6) is 0 Å². The number of hydrogen-bond donors (Lipinski definition) is 3. The topological polar surface area (TPSA) is 88.7 Å². The zero-order chi connectivity index (χ0) is 15.7. The number of carbonyl (C=O) groups excluding carboxylic acids is 1. The average molecular weight is 297 g/mol. The van der Waals surface area contributed by atoms with Crippen LogP contribution >= 0.6 is 0 Å². The molecule has 3 aromatic rings. The molecule has 0 bridgehead atoms.